The van der Waals surface area contributed by atoms with Crippen LogP contribution >= 0.6 is 7.60 Å². The van der Waals surface area contributed by atoms with E-state index in [1.165, 1.54) is 42.5 Å². The van der Waals surface area contributed by atoms with Crippen molar-refractivity contribution in [2.24, 2.45) is 0 Å². The first-order valence-corrected chi connectivity index (χ1v) is 9.66. The second kappa shape index (κ2) is 8.89. The van der Waals surface area contributed by atoms with Crippen molar-refractivity contribution in [2.75, 3.05) is 18.5 Å². The topological polar surface area (TPSA) is 90.7 Å². The Balaban J connectivity index is 2.44. The van der Waals surface area contributed by atoms with Gasteiger partial charge >= 0.3 is 7.60 Å². The largest absolute Gasteiger partial charge is 0.368 e. The molecule has 0 aliphatic rings. The van der Waals surface area contributed by atoms with E-state index in [4.69, 9.17) is 9.05 Å². The summed E-state index contributed by atoms with van der Waals surface area (Å²) in [6, 6.07) is 11.4. The zero-order valence-electron chi connectivity index (χ0n) is 14.4. The van der Waals surface area contributed by atoms with Gasteiger partial charge in [-0.25, -0.2) is 4.39 Å². The molecule has 7 nitrogen and oxygen atoms in total. The van der Waals surface area contributed by atoms with E-state index < -0.39 is 24.1 Å². The van der Waals surface area contributed by atoms with Crippen LogP contribution in [0.5, 0.6) is 0 Å². The normalized spacial score (nSPS) is 12.6. The minimum atomic E-state index is -3.76. The van der Waals surface area contributed by atoms with Gasteiger partial charge in [0, 0.05) is 23.4 Å². The minimum Gasteiger partial charge on any atom is -0.368 e. The molecule has 0 fully saturated rings. The summed E-state index contributed by atoms with van der Waals surface area (Å²) in [6.45, 7) is 3.56. The molecule has 0 radical (unpaired) electrons. The molecule has 0 saturated carbocycles. The molecule has 2 aromatic rings. The molecule has 0 spiro atoms. The van der Waals surface area contributed by atoms with Crippen LogP contribution in [0.2, 0.25) is 0 Å². The van der Waals surface area contributed by atoms with Crippen LogP contribution in [0, 0.1) is 15.9 Å². The number of non-ortho nitro benzene ring substituents is 1. The lowest BCUT2D eigenvalue weighted by molar-refractivity contribution is -0.384. The van der Waals surface area contributed by atoms with Gasteiger partial charge in [0.05, 0.1) is 18.1 Å². The van der Waals surface area contributed by atoms with Crippen molar-refractivity contribution in [1.82, 2.24) is 0 Å². The first-order chi connectivity index (χ1) is 12.4. The van der Waals surface area contributed by atoms with Crippen molar-refractivity contribution >= 4 is 19.0 Å². The Morgan fingerprint density at radius 2 is 1.69 bits per heavy atom. The molecule has 0 heterocycles. The summed E-state index contributed by atoms with van der Waals surface area (Å²) >= 11 is 0. The number of hydrogen-bond donors (Lipinski definition) is 1. The third-order valence-electron chi connectivity index (χ3n) is 3.52. The summed E-state index contributed by atoms with van der Waals surface area (Å²) in [6.07, 6.45) is 0. The molecule has 0 amide bonds. The number of hydrogen-bond acceptors (Lipinski definition) is 6. The van der Waals surface area contributed by atoms with E-state index in [0.717, 1.165) is 0 Å². The average Bonchev–Trinajstić information content (AvgIpc) is 2.61. The van der Waals surface area contributed by atoms with Crippen LogP contribution in [0.15, 0.2) is 48.5 Å². The Bertz CT molecular complexity index is 790. The Kier molecular flexibility index (Phi) is 6.85. The van der Waals surface area contributed by atoms with E-state index >= 15 is 0 Å². The first-order valence-electron chi connectivity index (χ1n) is 8.05. The lowest BCUT2D eigenvalue weighted by Gasteiger charge is -2.28. The molecule has 9 heteroatoms. The van der Waals surface area contributed by atoms with Crippen LogP contribution in [0.4, 0.5) is 15.8 Å². The minimum absolute atomic E-state index is 0.0872. The number of nitrogens with zero attached hydrogens (tertiary/aromatic N) is 1. The second-order valence-corrected chi connectivity index (χ2v) is 7.36. The molecule has 0 bridgehead atoms. The number of nitro benzene ring substituents is 1. The van der Waals surface area contributed by atoms with E-state index in [1.807, 2.05) is 0 Å². The fourth-order valence-electron chi connectivity index (χ4n) is 2.41. The van der Waals surface area contributed by atoms with Crippen molar-refractivity contribution in [3.05, 3.63) is 70.0 Å². The van der Waals surface area contributed by atoms with E-state index in [1.54, 1.807) is 19.9 Å². The fraction of sp³-hybridized carbons (Fsp3) is 0.294. The van der Waals surface area contributed by atoms with Crippen molar-refractivity contribution < 1.29 is 22.9 Å². The number of nitro groups is 1. The Hall–Kier alpha value is -2.28. The van der Waals surface area contributed by atoms with Gasteiger partial charge in [0.15, 0.2) is 5.78 Å². The van der Waals surface area contributed by atoms with Crippen LogP contribution < -0.4 is 5.32 Å². The summed E-state index contributed by atoms with van der Waals surface area (Å²) < 4.78 is 38.4. The molecule has 2 rings (SSSR count). The maximum absolute atomic E-state index is 14.4. The molecule has 1 atom stereocenters. The van der Waals surface area contributed by atoms with Crippen molar-refractivity contribution in [1.29, 1.82) is 0 Å². The summed E-state index contributed by atoms with van der Waals surface area (Å²) in [5.41, 5.74) is 0.454. The zero-order chi connectivity index (χ0) is 19.2. The number of benzene rings is 2. The van der Waals surface area contributed by atoms with Gasteiger partial charge in [-0.3, -0.25) is 14.7 Å². The third kappa shape index (κ3) is 4.66. The molecular formula is C17H20FN2O5P. The van der Waals surface area contributed by atoms with Gasteiger partial charge in [-0.2, -0.15) is 0 Å². The first kappa shape index (κ1) is 20.0. The van der Waals surface area contributed by atoms with Gasteiger partial charge in [-0.15, -0.1) is 0 Å². The molecule has 140 valence electrons. The Morgan fingerprint density at radius 3 is 2.19 bits per heavy atom. The number of anilines is 1. The summed E-state index contributed by atoms with van der Waals surface area (Å²) in [5, 5.41) is 13.7. The number of nitrogens with one attached hydrogen (secondary N) is 1. The lowest BCUT2D eigenvalue weighted by Crippen LogP contribution is -2.16. The summed E-state index contributed by atoms with van der Waals surface area (Å²) in [7, 11) is -3.76. The van der Waals surface area contributed by atoms with Gasteiger partial charge in [0.25, 0.3) is 5.69 Å². The van der Waals surface area contributed by atoms with Crippen molar-refractivity contribution in [2.45, 2.75) is 19.6 Å². The summed E-state index contributed by atoms with van der Waals surface area (Å²) in [5.74, 6) is -1.67. The highest BCUT2D eigenvalue weighted by Crippen LogP contribution is 2.61. The number of halogens is 1. The smallest absolute Gasteiger partial charge is 0.357 e. The Morgan fingerprint density at radius 1 is 1.12 bits per heavy atom. The molecular weight excluding hydrogens is 362 g/mol. The van der Waals surface area contributed by atoms with Gasteiger partial charge in [0.1, 0.15) is 5.82 Å². The predicted molar refractivity (Wildman–Crippen MR) is 96.7 cm³/mol. The van der Waals surface area contributed by atoms with Crippen LogP contribution in [-0.2, 0) is 13.6 Å². The van der Waals surface area contributed by atoms with Crippen molar-refractivity contribution in [3.8, 4) is 0 Å². The van der Waals surface area contributed by atoms with Crippen LogP contribution in [0.1, 0.15) is 25.2 Å². The monoisotopic (exact) mass is 382 g/mol. The number of rotatable bonds is 9. The highest BCUT2D eigenvalue weighted by Gasteiger charge is 2.38. The van der Waals surface area contributed by atoms with Crippen molar-refractivity contribution in [3.63, 3.8) is 0 Å². The van der Waals surface area contributed by atoms with Gasteiger partial charge in [-0.05, 0) is 32.0 Å². The van der Waals surface area contributed by atoms with Crippen LogP contribution in [0.25, 0.3) is 0 Å². The molecule has 2 aromatic carbocycles. The zero-order valence-corrected chi connectivity index (χ0v) is 15.3. The standard InChI is InChI=1S/C17H20FN2O5P/c1-3-24-26(23,25-4-2)17(15-7-5-6-8-16(15)18)19-13-9-11-14(12-10-13)20(21)22/h5-12,17,19H,3-4H2,1-2H3. The van der Waals surface area contributed by atoms with Crippen LogP contribution in [-0.4, -0.2) is 18.1 Å². The average molecular weight is 382 g/mol. The third-order valence-corrected chi connectivity index (χ3v) is 5.79. The second-order valence-electron chi connectivity index (χ2n) is 5.25. The summed E-state index contributed by atoms with van der Waals surface area (Å²) in [4.78, 5) is 10.3. The van der Waals surface area contributed by atoms with Gasteiger partial charge in [-0.1, -0.05) is 18.2 Å². The van der Waals surface area contributed by atoms with E-state index in [9.17, 15) is 19.1 Å². The lowest BCUT2D eigenvalue weighted by atomic mass is 10.2. The molecule has 0 aliphatic heterocycles. The highest BCUT2D eigenvalue weighted by atomic mass is 31.2. The van der Waals surface area contributed by atoms with Crippen LogP contribution in [0.3, 0.4) is 0 Å². The molecule has 1 unspecified atom stereocenters. The molecule has 0 saturated heterocycles. The predicted octanol–water partition coefficient (Wildman–Crippen LogP) is 5.11. The quantitative estimate of drug-likeness (QED) is 0.368. The highest BCUT2D eigenvalue weighted by molar-refractivity contribution is 7.54. The Labute approximate surface area is 150 Å². The van der Waals surface area contributed by atoms with Gasteiger partial charge < -0.3 is 14.4 Å². The van der Waals surface area contributed by atoms with Gasteiger partial charge in [0.2, 0.25) is 0 Å². The maximum atomic E-state index is 14.4. The molecule has 0 aromatic heterocycles. The fourth-order valence-corrected chi connectivity index (χ4v) is 4.36. The SMILES string of the molecule is CCOP(=O)(OCC)C(Nc1ccc([N+](=O)[O-])cc1)c1ccccc1F. The molecule has 26 heavy (non-hydrogen) atoms. The van der Waals surface area contributed by atoms with E-state index in [2.05, 4.69) is 5.32 Å². The molecule has 1 N–H and O–H groups in total. The van der Waals surface area contributed by atoms with E-state index in [-0.39, 0.29) is 24.5 Å². The molecule has 0 aliphatic carbocycles. The maximum Gasteiger partial charge on any atom is 0.357 e. The van der Waals surface area contributed by atoms with E-state index in [0.29, 0.717) is 5.69 Å².